The average Bonchev–Trinajstić information content (AvgIpc) is 2.54. The van der Waals surface area contributed by atoms with Crippen LogP contribution in [0.3, 0.4) is 0 Å². The number of nitrogens with two attached hydrogens (primary N) is 1. The summed E-state index contributed by atoms with van der Waals surface area (Å²) in [7, 11) is 0. The maximum atomic E-state index is 5.63. The van der Waals surface area contributed by atoms with E-state index in [2.05, 4.69) is 23.5 Å². The maximum absolute atomic E-state index is 5.63. The third kappa shape index (κ3) is 2.37. The van der Waals surface area contributed by atoms with Gasteiger partial charge in [0, 0.05) is 10.5 Å². The Morgan fingerprint density at radius 1 is 1.38 bits per heavy atom. The van der Waals surface area contributed by atoms with Gasteiger partial charge in [0.25, 0.3) is 0 Å². The molecular weight excluding hydrogens is 198 g/mol. The predicted molar refractivity (Wildman–Crippen MR) is 63.5 cm³/mol. The van der Waals surface area contributed by atoms with Gasteiger partial charge in [-0.25, -0.2) is 0 Å². The molecule has 0 amide bonds. The summed E-state index contributed by atoms with van der Waals surface area (Å²) in [5.41, 5.74) is 5.63. The van der Waals surface area contributed by atoms with Gasteiger partial charge >= 0.3 is 0 Å². The topological polar surface area (TPSA) is 26.0 Å². The van der Waals surface area contributed by atoms with Crippen LogP contribution < -0.4 is 5.73 Å². The summed E-state index contributed by atoms with van der Waals surface area (Å²) < 4.78 is 0.669. The first-order valence-electron chi connectivity index (χ1n) is 5.26. The number of thioether (sulfide) groups is 2. The summed E-state index contributed by atoms with van der Waals surface area (Å²) in [5.74, 6) is 5.11. The molecule has 1 spiro atoms. The van der Waals surface area contributed by atoms with Gasteiger partial charge in [-0.1, -0.05) is 0 Å². The molecule has 13 heavy (non-hydrogen) atoms. The second kappa shape index (κ2) is 4.45. The van der Waals surface area contributed by atoms with Gasteiger partial charge in [0.1, 0.15) is 0 Å². The second-order valence-electron chi connectivity index (χ2n) is 4.27. The molecule has 76 valence electrons. The average molecular weight is 217 g/mol. The van der Waals surface area contributed by atoms with Gasteiger partial charge in [-0.3, -0.25) is 0 Å². The lowest BCUT2D eigenvalue weighted by Crippen LogP contribution is -2.33. The van der Waals surface area contributed by atoms with E-state index in [0.29, 0.717) is 4.75 Å². The van der Waals surface area contributed by atoms with Crippen molar-refractivity contribution in [2.75, 3.05) is 23.8 Å². The molecule has 0 bridgehead atoms. The molecule has 2 heterocycles. The van der Waals surface area contributed by atoms with Crippen LogP contribution in [0.15, 0.2) is 0 Å². The molecule has 0 aromatic heterocycles. The van der Waals surface area contributed by atoms with Crippen LogP contribution in [-0.4, -0.2) is 28.6 Å². The van der Waals surface area contributed by atoms with Crippen molar-refractivity contribution in [3.8, 4) is 0 Å². The highest BCUT2D eigenvalue weighted by Gasteiger charge is 2.39. The normalized spacial score (nSPS) is 39.9. The highest BCUT2D eigenvalue weighted by molar-refractivity contribution is 8.04. The SMILES string of the molecule is NCCC1CCSC2(CCSC2)C1. The van der Waals surface area contributed by atoms with Crippen LogP contribution in [-0.2, 0) is 0 Å². The van der Waals surface area contributed by atoms with Crippen molar-refractivity contribution < 1.29 is 0 Å². The van der Waals surface area contributed by atoms with Crippen molar-refractivity contribution in [3.05, 3.63) is 0 Å². The summed E-state index contributed by atoms with van der Waals surface area (Å²) in [6.07, 6.45) is 5.56. The van der Waals surface area contributed by atoms with Gasteiger partial charge in [-0.15, -0.1) is 0 Å². The maximum Gasteiger partial charge on any atom is 0.0260 e. The van der Waals surface area contributed by atoms with Gasteiger partial charge in [-0.2, -0.15) is 23.5 Å². The zero-order valence-corrected chi connectivity index (χ0v) is 9.76. The van der Waals surface area contributed by atoms with Crippen LogP contribution in [0, 0.1) is 5.92 Å². The fraction of sp³-hybridized carbons (Fsp3) is 1.00. The van der Waals surface area contributed by atoms with E-state index in [1.807, 2.05) is 0 Å². The lowest BCUT2D eigenvalue weighted by Gasteiger charge is -2.37. The summed E-state index contributed by atoms with van der Waals surface area (Å²) in [4.78, 5) is 0. The van der Waals surface area contributed by atoms with Gasteiger partial charge in [-0.05, 0) is 49.7 Å². The third-order valence-electron chi connectivity index (χ3n) is 3.24. The molecule has 0 saturated carbocycles. The Hall–Kier alpha value is 0.660. The van der Waals surface area contributed by atoms with E-state index in [1.165, 1.54) is 42.9 Å². The Labute approximate surface area is 89.6 Å². The first kappa shape index (κ1) is 10.2. The molecule has 2 aliphatic rings. The van der Waals surface area contributed by atoms with E-state index < -0.39 is 0 Å². The smallest absolute Gasteiger partial charge is 0.0260 e. The Morgan fingerprint density at radius 2 is 2.31 bits per heavy atom. The first-order valence-corrected chi connectivity index (χ1v) is 7.40. The molecule has 2 fully saturated rings. The highest BCUT2D eigenvalue weighted by atomic mass is 32.2. The Morgan fingerprint density at radius 3 is 3.00 bits per heavy atom. The number of rotatable bonds is 2. The van der Waals surface area contributed by atoms with Crippen molar-refractivity contribution in [2.24, 2.45) is 11.7 Å². The van der Waals surface area contributed by atoms with E-state index in [1.54, 1.807) is 0 Å². The Balaban J connectivity index is 1.90. The van der Waals surface area contributed by atoms with Crippen LogP contribution in [0.4, 0.5) is 0 Å². The standard InChI is InChI=1S/C10H19NS2/c11-4-1-9-2-5-13-10(7-9)3-6-12-8-10/h9H,1-8,11H2. The third-order valence-corrected chi connectivity index (χ3v) is 6.24. The van der Waals surface area contributed by atoms with Crippen LogP contribution in [0.2, 0.25) is 0 Å². The van der Waals surface area contributed by atoms with Crippen molar-refractivity contribution in [3.63, 3.8) is 0 Å². The molecule has 0 aromatic rings. The Kier molecular flexibility index (Phi) is 3.49. The van der Waals surface area contributed by atoms with Crippen molar-refractivity contribution in [2.45, 2.75) is 30.4 Å². The minimum atomic E-state index is 0.669. The minimum Gasteiger partial charge on any atom is -0.330 e. The fourth-order valence-electron chi connectivity index (χ4n) is 2.47. The lowest BCUT2D eigenvalue weighted by atomic mass is 9.88. The molecule has 2 N–H and O–H groups in total. The van der Waals surface area contributed by atoms with Crippen LogP contribution in [0.5, 0.6) is 0 Å². The summed E-state index contributed by atoms with van der Waals surface area (Å²) in [5, 5.41) is 0. The second-order valence-corrected chi connectivity index (χ2v) is 6.94. The van der Waals surface area contributed by atoms with Gasteiger partial charge < -0.3 is 5.73 Å². The van der Waals surface area contributed by atoms with E-state index >= 15 is 0 Å². The monoisotopic (exact) mass is 217 g/mol. The molecule has 0 aromatic carbocycles. The molecule has 1 nitrogen and oxygen atoms in total. The summed E-state index contributed by atoms with van der Waals surface area (Å²) >= 11 is 4.39. The van der Waals surface area contributed by atoms with E-state index in [4.69, 9.17) is 5.73 Å². The zero-order valence-electron chi connectivity index (χ0n) is 8.13. The zero-order chi connectivity index (χ0) is 9.15. The lowest BCUT2D eigenvalue weighted by molar-refractivity contribution is 0.379. The first-order chi connectivity index (χ1) is 6.35. The van der Waals surface area contributed by atoms with E-state index in [9.17, 15) is 0 Å². The molecule has 2 atom stereocenters. The Bertz CT molecular complexity index is 164. The predicted octanol–water partition coefficient (Wildman–Crippen LogP) is 2.35. The molecular formula is C10H19NS2. The van der Waals surface area contributed by atoms with Gasteiger partial charge in [0.05, 0.1) is 0 Å². The van der Waals surface area contributed by atoms with Crippen LogP contribution >= 0.6 is 23.5 Å². The number of hydrogen-bond donors (Lipinski definition) is 1. The molecule has 2 unspecified atom stereocenters. The van der Waals surface area contributed by atoms with Crippen molar-refractivity contribution in [1.29, 1.82) is 0 Å². The van der Waals surface area contributed by atoms with E-state index in [-0.39, 0.29) is 0 Å². The van der Waals surface area contributed by atoms with Crippen molar-refractivity contribution >= 4 is 23.5 Å². The van der Waals surface area contributed by atoms with Crippen molar-refractivity contribution in [1.82, 2.24) is 0 Å². The van der Waals surface area contributed by atoms with Gasteiger partial charge in [0.2, 0.25) is 0 Å². The van der Waals surface area contributed by atoms with Gasteiger partial charge in [0.15, 0.2) is 0 Å². The minimum absolute atomic E-state index is 0.669. The van der Waals surface area contributed by atoms with Crippen LogP contribution in [0.1, 0.15) is 25.7 Å². The summed E-state index contributed by atoms with van der Waals surface area (Å²) in [6, 6.07) is 0. The molecule has 0 radical (unpaired) electrons. The largest absolute Gasteiger partial charge is 0.330 e. The van der Waals surface area contributed by atoms with Crippen LogP contribution in [0.25, 0.3) is 0 Å². The van der Waals surface area contributed by atoms with E-state index in [0.717, 1.165) is 12.5 Å². The molecule has 2 saturated heterocycles. The molecule has 3 heteroatoms. The molecule has 0 aliphatic carbocycles. The number of hydrogen-bond acceptors (Lipinski definition) is 3. The molecule has 2 rings (SSSR count). The quantitative estimate of drug-likeness (QED) is 0.769. The highest BCUT2D eigenvalue weighted by Crippen LogP contribution is 2.48. The fourth-order valence-corrected chi connectivity index (χ4v) is 5.98. The molecule has 2 aliphatic heterocycles. The summed E-state index contributed by atoms with van der Waals surface area (Å²) in [6.45, 7) is 0.887.